The normalized spacial score (nSPS) is 11.7. The topological polar surface area (TPSA) is 20.2 Å². The van der Waals surface area contributed by atoms with Crippen molar-refractivity contribution in [1.82, 2.24) is 0 Å². The molecule has 1 nitrogen and oxygen atoms in total. The van der Waals surface area contributed by atoms with Gasteiger partial charge in [-0.1, -0.05) is 32.0 Å². The number of rotatable bonds is 3. The lowest BCUT2D eigenvalue weighted by molar-refractivity contribution is 0.251. The zero-order valence-corrected chi connectivity index (χ0v) is 9.01. The molecule has 72 valence electrons. The van der Waals surface area contributed by atoms with Crippen LogP contribution in [0.2, 0.25) is 0 Å². The van der Waals surface area contributed by atoms with Crippen LogP contribution in [0.15, 0.2) is 29.2 Å². The molecule has 0 amide bonds. The zero-order chi connectivity index (χ0) is 9.90. The van der Waals surface area contributed by atoms with E-state index in [1.165, 1.54) is 5.56 Å². The summed E-state index contributed by atoms with van der Waals surface area (Å²) in [5, 5.41) is 8.93. The molecule has 0 radical (unpaired) electrons. The van der Waals surface area contributed by atoms with Crippen LogP contribution in [0.3, 0.4) is 0 Å². The molecule has 1 N–H and O–H groups in total. The molecule has 0 spiro atoms. The smallest absolute Gasteiger partial charge is 0.0439 e. The van der Waals surface area contributed by atoms with Crippen LogP contribution in [0.1, 0.15) is 25.8 Å². The summed E-state index contributed by atoms with van der Waals surface area (Å²) in [6.45, 7) is 4.46. The van der Waals surface area contributed by atoms with E-state index in [4.69, 9.17) is 5.11 Å². The molecule has 0 unspecified atom stereocenters. The maximum absolute atomic E-state index is 8.93. The third-order valence-electron chi connectivity index (χ3n) is 2.37. The van der Waals surface area contributed by atoms with Gasteiger partial charge >= 0.3 is 0 Å². The number of benzene rings is 1. The van der Waals surface area contributed by atoms with Gasteiger partial charge < -0.3 is 5.11 Å². The second-order valence-corrected chi connectivity index (χ2v) is 4.36. The Hall–Kier alpha value is -0.470. The molecular weight excluding hydrogens is 180 g/mol. The molecule has 0 heterocycles. The molecule has 1 aromatic rings. The van der Waals surface area contributed by atoms with Crippen molar-refractivity contribution in [1.29, 1.82) is 0 Å². The van der Waals surface area contributed by atoms with Crippen LogP contribution in [0.5, 0.6) is 0 Å². The van der Waals surface area contributed by atoms with E-state index in [1.54, 1.807) is 0 Å². The molecular formula is C11H16OS. The number of hydrogen-bond acceptors (Lipinski definition) is 2. The van der Waals surface area contributed by atoms with E-state index in [0.29, 0.717) is 0 Å². The first-order valence-electron chi connectivity index (χ1n) is 4.47. The Morgan fingerprint density at radius 3 is 2.46 bits per heavy atom. The van der Waals surface area contributed by atoms with Crippen LogP contribution in [-0.2, 0) is 5.41 Å². The van der Waals surface area contributed by atoms with Gasteiger partial charge in [0.1, 0.15) is 0 Å². The standard InChI is InChI=1S/C11H16OS/c1-11(2,7-8-12)9-5-3-4-6-10(9)13/h3-6,12-13H,7-8H2,1-2H3. The van der Waals surface area contributed by atoms with Gasteiger partial charge in [-0.25, -0.2) is 0 Å². The van der Waals surface area contributed by atoms with Crippen LogP contribution >= 0.6 is 12.6 Å². The van der Waals surface area contributed by atoms with Crippen molar-refractivity contribution in [3.8, 4) is 0 Å². The van der Waals surface area contributed by atoms with Gasteiger partial charge in [0, 0.05) is 11.5 Å². The van der Waals surface area contributed by atoms with Crippen LogP contribution in [0, 0.1) is 0 Å². The molecule has 0 aliphatic carbocycles. The van der Waals surface area contributed by atoms with Gasteiger partial charge in [-0.2, -0.15) is 0 Å². The molecule has 0 aromatic heterocycles. The molecule has 0 aliphatic heterocycles. The minimum Gasteiger partial charge on any atom is -0.396 e. The van der Waals surface area contributed by atoms with Gasteiger partial charge in [0.15, 0.2) is 0 Å². The summed E-state index contributed by atoms with van der Waals surface area (Å²) < 4.78 is 0. The monoisotopic (exact) mass is 196 g/mol. The molecule has 0 fully saturated rings. The molecule has 0 saturated heterocycles. The maximum atomic E-state index is 8.93. The lowest BCUT2D eigenvalue weighted by atomic mass is 9.82. The van der Waals surface area contributed by atoms with E-state index >= 15 is 0 Å². The van der Waals surface area contributed by atoms with Crippen LogP contribution in [0.25, 0.3) is 0 Å². The predicted octanol–water partition coefficient (Wildman–Crippen LogP) is 2.64. The molecule has 0 saturated carbocycles. The Labute approximate surface area is 85.2 Å². The van der Waals surface area contributed by atoms with E-state index in [2.05, 4.69) is 32.5 Å². The van der Waals surface area contributed by atoms with Gasteiger partial charge in [-0.15, -0.1) is 12.6 Å². The summed E-state index contributed by atoms with van der Waals surface area (Å²) in [4.78, 5) is 1.00. The Morgan fingerprint density at radius 1 is 1.31 bits per heavy atom. The summed E-state index contributed by atoms with van der Waals surface area (Å²) >= 11 is 4.40. The van der Waals surface area contributed by atoms with Gasteiger partial charge in [0.25, 0.3) is 0 Å². The molecule has 1 rings (SSSR count). The van der Waals surface area contributed by atoms with Gasteiger partial charge in [-0.3, -0.25) is 0 Å². The lowest BCUT2D eigenvalue weighted by Gasteiger charge is -2.25. The summed E-state index contributed by atoms with van der Waals surface area (Å²) in [6, 6.07) is 8.03. The van der Waals surface area contributed by atoms with E-state index < -0.39 is 0 Å². The highest BCUT2D eigenvalue weighted by atomic mass is 32.1. The van der Waals surface area contributed by atoms with E-state index in [0.717, 1.165) is 11.3 Å². The van der Waals surface area contributed by atoms with Crippen molar-refractivity contribution in [2.24, 2.45) is 0 Å². The van der Waals surface area contributed by atoms with E-state index in [-0.39, 0.29) is 12.0 Å². The fourth-order valence-electron chi connectivity index (χ4n) is 1.46. The fraction of sp³-hybridized carbons (Fsp3) is 0.455. The van der Waals surface area contributed by atoms with Crippen molar-refractivity contribution in [3.05, 3.63) is 29.8 Å². The first-order chi connectivity index (χ1) is 6.08. The van der Waals surface area contributed by atoms with Crippen LogP contribution in [-0.4, -0.2) is 11.7 Å². The fourth-order valence-corrected chi connectivity index (χ4v) is 1.92. The second kappa shape index (κ2) is 4.16. The third kappa shape index (κ3) is 2.48. The zero-order valence-electron chi connectivity index (χ0n) is 8.12. The van der Waals surface area contributed by atoms with Crippen molar-refractivity contribution in [3.63, 3.8) is 0 Å². The summed E-state index contributed by atoms with van der Waals surface area (Å²) in [5.41, 5.74) is 1.21. The highest BCUT2D eigenvalue weighted by molar-refractivity contribution is 7.80. The van der Waals surface area contributed by atoms with Crippen molar-refractivity contribution < 1.29 is 5.11 Å². The van der Waals surface area contributed by atoms with Gasteiger partial charge in [-0.05, 0) is 23.5 Å². The lowest BCUT2D eigenvalue weighted by Crippen LogP contribution is -2.19. The van der Waals surface area contributed by atoms with Crippen LogP contribution < -0.4 is 0 Å². The van der Waals surface area contributed by atoms with Crippen molar-refractivity contribution in [2.45, 2.75) is 30.6 Å². The number of aliphatic hydroxyl groups excluding tert-OH is 1. The van der Waals surface area contributed by atoms with Crippen LogP contribution in [0.4, 0.5) is 0 Å². The maximum Gasteiger partial charge on any atom is 0.0439 e. The summed E-state index contributed by atoms with van der Waals surface area (Å²) in [5.74, 6) is 0. The third-order valence-corrected chi connectivity index (χ3v) is 2.76. The first kappa shape index (κ1) is 10.6. The SMILES string of the molecule is CC(C)(CCO)c1ccccc1S. The number of thiol groups is 1. The first-order valence-corrected chi connectivity index (χ1v) is 4.92. The van der Waals surface area contributed by atoms with Gasteiger partial charge in [0.05, 0.1) is 0 Å². The Morgan fingerprint density at radius 2 is 1.92 bits per heavy atom. The minimum atomic E-state index is 0.00704. The average Bonchev–Trinajstić information content (AvgIpc) is 2.04. The molecule has 0 atom stereocenters. The summed E-state index contributed by atoms with van der Waals surface area (Å²) in [7, 11) is 0. The number of aliphatic hydroxyl groups is 1. The molecule has 1 aromatic carbocycles. The second-order valence-electron chi connectivity index (χ2n) is 3.87. The highest BCUT2D eigenvalue weighted by Crippen LogP contribution is 2.30. The molecule has 0 aliphatic rings. The summed E-state index contributed by atoms with van der Waals surface area (Å²) in [6.07, 6.45) is 0.768. The van der Waals surface area contributed by atoms with E-state index in [1.807, 2.05) is 18.2 Å². The molecule has 13 heavy (non-hydrogen) atoms. The average molecular weight is 196 g/mol. The number of hydrogen-bond donors (Lipinski definition) is 2. The quantitative estimate of drug-likeness (QED) is 0.712. The Bertz CT molecular complexity index is 281. The molecule has 2 heteroatoms. The van der Waals surface area contributed by atoms with Gasteiger partial charge in [0.2, 0.25) is 0 Å². The van der Waals surface area contributed by atoms with Crippen molar-refractivity contribution in [2.75, 3.05) is 6.61 Å². The molecule has 0 bridgehead atoms. The minimum absolute atomic E-state index is 0.00704. The Balaban J connectivity index is 2.99. The van der Waals surface area contributed by atoms with E-state index in [9.17, 15) is 0 Å². The highest BCUT2D eigenvalue weighted by Gasteiger charge is 2.21. The Kier molecular flexibility index (Phi) is 3.40. The predicted molar refractivity (Wildman–Crippen MR) is 58.4 cm³/mol. The van der Waals surface area contributed by atoms with Crippen molar-refractivity contribution >= 4 is 12.6 Å². The largest absolute Gasteiger partial charge is 0.396 e.